The van der Waals surface area contributed by atoms with E-state index in [0.29, 0.717) is 5.69 Å². The van der Waals surface area contributed by atoms with Crippen molar-refractivity contribution in [2.45, 2.75) is 31.3 Å². The zero-order valence-corrected chi connectivity index (χ0v) is 18.9. The molecule has 3 rings (SSSR count). The van der Waals surface area contributed by atoms with Crippen LogP contribution in [0.4, 0.5) is 24.5 Å². The van der Waals surface area contributed by atoms with Gasteiger partial charge in [0.25, 0.3) is 10.0 Å². The van der Waals surface area contributed by atoms with Crippen molar-refractivity contribution in [3.05, 3.63) is 89.5 Å². The van der Waals surface area contributed by atoms with Gasteiger partial charge in [-0.05, 0) is 67.4 Å². The third-order valence-corrected chi connectivity index (χ3v) is 6.81. The number of alkyl halides is 3. The Bertz CT molecular complexity index is 1210. The Morgan fingerprint density at radius 1 is 0.909 bits per heavy atom. The van der Waals surface area contributed by atoms with Crippen molar-refractivity contribution < 1.29 is 26.4 Å². The van der Waals surface area contributed by atoms with E-state index >= 15 is 0 Å². The number of benzene rings is 3. The van der Waals surface area contributed by atoms with Gasteiger partial charge >= 0.3 is 6.18 Å². The first-order chi connectivity index (χ1) is 15.5. The van der Waals surface area contributed by atoms with E-state index in [0.717, 1.165) is 46.1 Å². The number of amides is 1. The van der Waals surface area contributed by atoms with Crippen LogP contribution in [0.3, 0.4) is 0 Å². The second kappa shape index (κ2) is 9.66. The van der Waals surface area contributed by atoms with Crippen LogP contribution in [0, 0.1) is 6.92 Å². The lowest BCUT2D eigenvalue weighted by Gasteiger charge is -2.24. The van der Waals surface area contributed by atoms with E-state index in [9.17, 15) is 26.4 Å². The molecule has 1 N–H and O–H groups in total. The summed E-state index contributed by atoms with van der Waals surface area (Å²) in [5, 5.41) is 2.46. The lowest BCUT2D eigenvalue weighted by Crippen LogP contribution is -2.38. The summed E-state index contributed by atoms with van der Waals surface area (Å²) in [4.78, 5) is 12.7. The molecule has 0 unspecified atom stereocenters. The topological polar surface area (TPSA) is 66.5 Å². The zero-order chi connectivity index (χ0) is 24.2. The molecule has 0 aliphatic carbocycles. The summed E-state index contributed by atoms with van der Waals surface area (Å²) in [6.45, 7) is 3.24. The number of carbonyl (C=O) groups excluding carboxylic acids is 1. The molecule has 1 amide bonds. The summed E-state index contributed by atoms with van der Waals surface area (Å²) in [5.41, 5.74) is 1.46. The van der Waals surface area contributed by atoms with Crippen LogP contribution in [0.5, 0.6) is 0 Å². The van der Waals surface area contributed by atoms with Gasteiger partial charge < -0.3 is 5.32 Å². The molecule has 3 aromatic carbocycles. The largest absolute Gasteiger partial charge is 0.416 e. The number of halogens is 3. The van der Waals surface area contributed by atoms with E-state index in [1.54, 1.807) is 36.4 Å². The monoisotopic (exact) mass is 476 g/mol. The standard InChI is InChI=1S/C24H23F3N2O3S/c1-3-18-6-12-21(13-7-18)29(33(31,32)22-14-4-17(2)5-15-22)16-23(30)28-20-10-8-19(9-11-20)24(25,26)27/h4-15H,3,16H2,1-2H3,(H,28,30). The van der Waals surface area contributed by atoms with Gasteiger partial charge in [0.2, 0.25) is 5.91 Å². The highest BCUT2D eigenvalue weighted by Gasteiger charge is 2.30. The van der Waals surface area contributed by atoms with Gasteiger partial charge in [0, 0.05) is 5.69 Å². The molecule has 0 aromatic heterocycles. The van der Waals surface area contributed by atoms with E-state index in [1.807, 2.05) is 13.8 Å². The lowest BCUT2D eigenvalue weighted by atomic mass is 10.1. The van der Waals surface area contributed by atoms with Crippen molar-refractivity contribution in [3.8, 4) is 0 Å². The van der Waals surface area contributed by atoms with Crippen molar-refractivity contribution in [2.24, 2.45) is 0 Å². The van der Waals surface area contributed by atoms with Crippen LogP contribution in [-0.2, 0) is 27.4 Å². The molecule has 9 heteroatoms. The summed E-state index contributed by atoms with van der Waals surface area (Å²) in [5.74, 6) is -0.690. The summed E-state index contributed by atoms with van der Waals surface area (Å²) < 4.78 is 66.0. The van der Waals surface area contributed by atoms with E-state index in [-0.39, 0.29) is 10.6 Å². The van der Waals surface area contributed by atoms with Crippen molar-refractivity contribution in [1.82, 2.24) is 0 Å². The normalized spacial score (nSPS) is 11.8. The van der Waals surface area contributed by atoms with Crippen LogP contribution in [0.1, 0.15) is 23.6 Å². The van der Waals surface area contributed by atoms with Crippen LogP contribution in [-0.4, -0.2) is 20.9 Å². The predicted octanol–water partition coefficient (Wildman–Crippen LogP) is 5.41. The quantitative estimate of drug-likeness (QED) is 0.496. The van der Waals surface area contributed by atoms with Crippen LogP contribution in [0.15, 0.2) is 77.7 Å². The smallest absolute Gasteiger partial charge is 0.325 e. The molecule has 0 saturated heterocycles. The lowest BCUT2D eigenvalue weighted by molar-refractivity contribution is -0.137. The molecule has 33 heavy (non-hydrogen) atoms. The maximum absolute atomic E-state index is 13.4. The second-order valence-corrected chi connectivity index (χ2v) is 9.33. The van der Waals surface area contributed by atoms with E-state index in [4.69, 9.17) is 0 Å². The van der Waals surface area contributed by atoms with Gasteiger partial charge in [-0.15, -0.1) is 0 Å². The minimum Gasteiger partial charge on any atom is -0.325 e. The number of nitrogens with one attached hydrogen (secondary N) is 1. The molecule has 0 saturated carbocycles. The molecule has 0 spiro atoms. The maximum atomic E-state index is 13.4. The van der Waals surface area contributed by atoms with Crippen molar-refractivity contribution in [1.29, 1.82) is 0 Å². The van der Waals surface area contributed by atoms with E-state index in [1.165, 1.54) is 12.1 Å². The Morgan fingerprint density at radius 3 is 2.00 bits per heavy atom. The van der Waals surface area contributed by atoms with Crippen molar-refractivity contribution in [3.63, 3.8) is 0 Å². The van der Waals surface area contributed by atoms with Gasteiger partial charge in [-0.3, -0.25) is 9.10 Å². The molecular weight excluding hydrogens is 453 g/mol. The highest BCUT2D eigenvalue weighted by Crippen LogP contribution is 2.30. The van der Waals surface area contributed by atoms with Gasteiger partial charge in [-0.2, -0.15) is 13.2 Å². The van der Waals surface area contributed by atoms with Gasteiger partial charge in [0.05, 0.1) is 16.1 Å². The summed E-state index contributed by atoms with van der Waals surface area (Å²) >= 11 is 0. The van der Waals surface area contributed by atoms with Crippen LogP contribution < -0.4 is 9.62 Å². The number of aryl methyl sites for hydroxylation is 2. The van der Waals surface area contributed by atoms with Gasteiger partial charge in [-0.25, -0.2) is 8.42 Å². The fourth-order valence-corrected chi connectivity index (χ4v) is 4.54. The summed E-state index contributed by atoms with van der Waals surface area (Å²) in [6, 6.07) is 17.0. The van der Waals surface area contributed by atoms with E-state index in [2.05, 4.69) is 5.32 Å². The highest BCUT2D eigenvalue weighted by atomic mass is 32.2. The predicted molar refractivity (Wildman–Crippen MR) is 122 cm³/mol. The number of sulfonamides is 1. The molecule has 0 heterocycles. The molecule has 0 radical (unpaired) electrons. The van der Waals surface area contributed by atoms with Crippen LogP contribution in [0.2, 0.25) is 0 Å². The number of hydrogen-bond donors (Lipinski definition) is 1. The second-order valence-electron chi connectivity index (χ2n) is 7.47. The first-order valence-corrected chi connectivity index (χ1v) is 11.6. The van der Waals surface area contributed by atoms with Gasteiger partial charge in [-0.1, -0.05) is 36.8 Å². The highest BCUT2D eigenvalue weighted by molar-refractivity contribution is 7.92. The van der Waals surface area contributed by atoms with Gasteiger partial charge in [0.1, 0.15) is 6.54 Å². The average Bonchev–Trinajstić information content (AvgIpc) is 2.77. The van der Waals surface area contributed by atoms with Gasteiger partial charge in [0.15, 0.2) is 0 Å². The van der Waals surface area contributed by atoms with Crippen molar-refractivity contribution in [2.75, 3.05) is 16.2 Å². The summed E-state index contributed by atoms with van der Waals surface area (Å²) in [6.07, 6.45) is -3.73. The third kappa shape index (κ3) is 5.92. The minimum absolute atomic E-state index is 0.0231. The maximum Gasteiger partial charge on any atom is 0.416 e. The SMILES string of the molecule is CCc1ccc(N(CC(=O)Nc2ccc(C(F)(F)F)cc2)S(=O)(=O)c2ccc(C)cc2)cc1. The van der Waals surface area contributed by atoms with Crippen molar-refractivity contribution >= 4 is 27.3 Å². The first kappa shape index (κ1) is 24.3. The number of carbonyl (C=O) groups is 1. The number of rotatable bonds is 7. The zero-order valence-electron chi connectivity index (χ0n) is 18.1. The third-order valence-electron chi connectivity index (χ3n) is 5.02. The number of hydrogen-bond acceptors (Lipinski definition) is 3. The Balaban J connectivity index is 1.89. The molecule has 0 aliphatic rings. The fraction of sp³-hybridized carbons (Fsp3) is 0.208. The Labute approximate surface area is 190 Å². The molecule has 0 aliphatic heterocycles. The molecule has 3 aromatic rings. The van der Waals surface area contributed by atoms with Crippen LogP contribution in [0.25, 0.3) is 0 Å². The molecule has 174 valence electrons. The van der Waals surface area contributed by atoms with E-state index < -0.39 is 34.2 Å². The first-order valence-electron chi connectivity index (χ1n) is 10.2. The Kier molecular flexibility index (Phi) is 7.12. The Morgan fingerprint density at radius 2 is 1.48 bits per heavy atom. The van der Waals surface area contributed by atoms with Crippen LogP contribution >= 0.6 is 0 Å². The minimum atomic E-state index is -4.49. The fourth-order valence-electron chi connectivity index (χ4n) is 3.12. The average molecular weight is 477 g/mol. The molecule has 0 fully saturated rings. The molecular formula is C24H23F3N2O3S. The Hall–Kier alpha value is -3.33. The molecule has 0 atom stereocenters. The summed E-state index contributed by atoms with van der Waals surface area (Å²) in [7, 11) is -4.08. The number of nitrogens with zero attached hydrogens (tertiary/aromatic N) is 1. The molecule has 5 nitrogen and oxygen atoms in total. The number of anilines is 2. The molecule has 0 bridgehead atoms.